The summed E-state index contributed by atoms with van der Waals surface area (Å²) < 4.78 is 0. The minimum Gasteiger partial charge on any atom is -0.391 e. The van der Waals surface area contributed by atoms with Gasteiger partial charge in [0.2, 0.25) is 0 Å². The third kappa shape index (κ3) is 3.05. The van der Waals surface area contributed by atoms with Gasteiger partial charge >= 0.3 is 0 Å². The summed E-state index contributed by atoms with van der Waals surface area (Å²) in [5.74, 6) is 0.351. The Hall–Kier alpha value is -0.570. The Bertz CT molecular complexity index is 401. The lowest BCUT2D eigenvalue weighted by molar-refractivity contribution is 0.0616. The van der Waals surface area contributed by atoms with E-state index in [0.29, 0.717) is 5.92 Å². The Labute approximate surface area is 114 Å². The van der Waals surface area contributed by atoms with Crippen LogP contribution in [0.3, 0.4) is 0 Å². The molecule has 2 nitrogen and oxygen atoms in total. The third-order valence-corrected chi connectivity index (χ3v) is 4.33. The Balaban J connectivity index is 2.11. The molecule has 3 N–H and O–H groups in total. The quantitative estimate of drug-likeness (QED) is 0.879. The number of aliphatic hydroxyl groups is 1. The molecule has 0 unspecified atom stereocenters. The monoisotopic (exact) mass is 267 g/mol. The van der Waals surface area contributed by atoms with Crippen molar-refractivity contribution in [2.24, 2.45) is 11.7 Å². The zero-order valence-electron chi connectivity index (χ0n) is 10.9. The minimum absolute atomic E-state index is 0.301. The van der Waals surface area contributed by atoms with Crippen LogP contribution in [0.25, 0.3) is 0 Å². The number of rotatable bonds is 3. The highest BCUT2D eigenvalue weighted by Gasteiger charge is 2.28. The molecule has 0 radical (unpaired) electrons. The van der Waals surface area contributed by atoms with E-state index in [1.807, 2.05) is 25.1 Å². The van der Waals surface area contributed by atoms with E-state index in [9.17, 15) is 5.11 Å². The largest absolute Gasteiger partial charge is 0.391 e. The van der Waals surface area contributed by atoms with Crippen LogP contribution in [0.4, 0.5) is 0 Å². The molecule has 0 bridgehead atoms. The molecule has 0 spiro atoms. The van der Waals surface area contributed by atoms with Crippen molar-refractivity contribution in [2.75, 3.05) is 0 Å². The van der Waals surface area contributed by atoms with Gasteiger partial charge in [0.1, 0.15) is 0 Å². The van der Waals surface area contributed by atoms with E-state index in [0.717, 1.165) is 29.0 Å². The molecule has 3 heteroatoms. The predicted octanol–water partition coefficient (Wildman–Crippen LogP) is 3.59. The molecule has 1 aromatic carbocycles. The highest BCUT2D eigenvalue weighted by atomic mass is 35.5. The van der Waals surface area contributed by atoms with Crippen molar-refractivity contribution < 1.29 is 5.11 Å². The van der Waals surface area contributed by atoms with E-state index in [1.165, 1.54) is 19.3 Å². The van der Waals surface area contributed by atoms with Crippen LogP contribution in [-0.4, -0.2) is 11.2 Å². The number of aliphatic hydroxyl groups excluding tert-OH is 1. The Kier molecular flexibility index (Phi) is 4.66. The van der Waals surface area contributed by atoms with Gasteiger partial charge in [-0.1, -0.05) is 36.9 Å². The first kappa shape index (κ1) is 13.9. The molecule has 0 aliphatic heterocycles. The summed E-state index contributed by atoms with van der Waals surface area (Å²) in [6, 6.07) is 5.39. The lowest BCUT2D eigenvalue weighted by atomic mass is 9.81. The fourth-order valence-corrected chi connectivity index (χ4v) is 3.19. The van der Waals surface area contributed by atoms with E-state index in [-0.39, 0.29) is 6.04 Å². The maximum Gasteiger partial charge on any atom is 0.0760 e. The first-order valence-electron chi connectivity index (χ1n) is 6.79. The number of benzene rings is 1. The van der Waals surface area contributed by atoms with Crippen molar-refractivity contribution in [3.05, 3.63) is 34.3 Å². The zero-order chi connectivity index (χ0) is 13.1. The zero-order valence-corrected chi connectivity index (χ0v) is 11.7. The number of aryl methyl sites for hydroxylation is 1. The van der Waals surface area contributed by atoms with Gasteiger partial charge in [0.15, 0.2) is 0 Å². The van der Waals surface area contributed by atoms with Crippen LogP contribution >= 0.6 is 11.6 Å². The van der Waals surface area contributed by atoms with Crippen molar-refractivity contribution in [2.45, 2.75) is 51.2 Å². The fraction of sp³-hybridized carbons (Fsp3) is 0.600. The molecular formula is C15H22ClNO. The molecule has 1 aliphatic carbocycles. The van der Waals surface area contributed by atoms with Gasteiger partial charge in [0.25, 0.3) is 0 Å². The number of nitrogens with two attached hydrogens (primary N) is 1. The van der Waals surface area contributed by atoms with E-state index in [4.69, 9.17) is 17.3 Å². The van der Waals surface area contributed by atoms with E-state index < -0.39 is 6.10 Å². The van der Waals surface area contributed by atoms with Gasteiger partial charge < -0.3 is 10.8 Å². The lowest BCUT2D eigenvalue weighted by Crippen LogP contribution is -2.34. The first-order valence-corrected chi connectivity index (χ1v) is 7.17. The van der Waals surface area contributed by atoms with Gasteiger partial charge in [0, 0.05) is 5.02 Å². The molecule has 100 valence electrons. The normalized spacial score (nSPS) is 20.7. The van der Waals surface area contributed by atoms with Crippen LogP contribution in [0.5, 0.6) is 0 Å². The molecule has 2 atom stereocenters. The first-order chi connectivity index (χ1) is 8.59. The summed E-state index contributed by atoms with van der Waals surface area (Å²) in [6.07, 6.45) is 5.48. The molecule has 1 fully saturated rings. The van der Waals surface area contributed by atoms with Crippen LogP contribution in [0.1, 0.15) is 49.3 Å². The average molecular weight is 268 g/mol. The molecule has 18 heavy (non-hydrogen) atoms. The van der Waals surface area contributed by atoms with Gasteiger partial charge in [-0.05, 0) is 48.9 Å². The van der Waals surface area contributed by atoms with Crippen LogP contribution in [0, 0.1) is 12.8 Å². The van der Waals surface area contributed by atoms with Crippen molar-refractivity contribution >= 4 is 11.6 Å². The van der Waals surface area contributed by atoms with Gasteiger partial charge in [0.05, 0.1) is 12.1 Å². The van der Waals surface area contributed by atoms with E-state index in [2.05, 4.69) is 0 Å². The molecule has 1 aromatic rings. The summed E-state index contributed by atoms with van der Waals surface area (Å²) in [5.41, 5.74) is 8.30. The Morgan fingerprint density at radius 2 is 1.94 bits per heavy atom. The smallest absolute Gasteiger partial charge is 0.0760 e. The summed E-state index contributed by atoms with van der Waals surface area (Å²) in [4.78, 5) is 0. The van der Waals surface area contributed by atoms with Crippen molar-refractivity contribution in [3.63, 3.8) is 0 Å². The summed E-state index contributed by atoms with van der Waals surface area (Å²) in [5, 5.41) is 11.1. The second-order valence-corrected chi connectivity index (χ2v) is 5.85. The lowest BCUT2D eigenvalue weighted by Gasteiger charge is -2.31. The van der Waals surface area contributed by atoms with Crippen molar-refractivity contribution in [1.29, 1.82) is 0 Å². The number of hydrogen-bond acceptors (Lipinski definition) is 2. The second kappa shape index (κ2) is 6.05. The summed E-state index contributed by atoms with van der Waals surface area (Å²) in [6.45, 7) is 1.99. The molecular weight excluding hydrogens is 246 g/mol. The minimum atomic E-state index is -0.440. The Morgan fingerprint density at radius 3 is 2.56 bits per heavy atom. The van der Waals surface area contributed by atoms with Gasteiger partial charge in [-0.3, -0.25) is 0 Å². The second-order valence-electron chi connectivity index (χ2n) is 5.42. The van der Waals surface area contributed by atoms with Gasteiger partial charge in [-0.25, -0.2) is 0 Å². The standard InChI is InChI=1S/C15H22ClNO/c1-10-9-12(16)7-8-13(10)14(17)15(18)11-5-3-2-4-6-11/h7-9,11,14-15,18H,2-6,17H2,1H3/t14-,15+/m1/s1. The van der Waals surface area contributed by atoms with E-state index in [1.54, 1.807) is 0 Å². The van der Waals surface area contributed by atoms with Gasteiger partial charge in [-0.15, -0.1) is 0 Å². The SMILES string of the molecule is Cc1cc(Cl)ccc1[C@@H](N)[C@@H](O)C1CCCCC1. The maximum absolute atomic E-state index is 10.4. The number of hydrogen-bond donors (Lipinski definition) is 2. The molecule has 0 amide bonds. The van der Waals surface area contributed by atoms with Crippen LogP contribution in [0.15, 0.2) is 18.2 Å². The van der Waals surface area contributed by atoms with Crippen molar-refractivity contribution in [3.8, 4) is 0 Å². The van der Waals surface area contributed by atoms with Gasteiger partial charge in [-0.2, -0.15) is 0 Å². The number of halogens is 1. The van der Waals surface area contributed by atoms with Crippen molar-refractivity contribution in [1.82, 2.24) is 0 Å². The molecule has 1 aliphatic rings. The molecule has 0 saturated heterocycles. The average Bonchev–Trinajstić information content (AvgIpc) is 2.38. The highest BCUT2D eigenvalue weighted by Crippen LogP contribution is 2.32. The summed E-state index contributed by atoms with van der Waals surface area (Å²) in [7, 11) is 0. The summed E-state index contributed by atoms with van der Waals surface area (Å²) >= 11 is 5.95. The molecule has 2 rings (SSSR count). The highest BCUT2D eigenvalue weighted by molar-refractivity contribution is 6.30. The topological polar surface area (TPSA) is 46.2 Å². The predicted molar refractivity (Wildman–Crippen MR) is 75.7 cm³/mol. The Morgan fingerprint density at radius 1 is 1.28 bits per heavy atom. The van der Waals surface area contributed by atoms with Crippen LogP contribution in [0.2, 0.25) is 5.02 Å². The van der Waals surface area contributed by atoms with Crippen LogP contribution < -0.4 is 5.73 Å². The van der Waals surface area contributed by atoms with E-state index >= 15 is 0 Å². The molecule has 0 heterocycles. The fourth-order valence-electron chi connectivity index (χ4n) is 2.97. The third-order valence-electron chi connectivity index (χ3n) is 4.09. The molecule has 1 saturated carbocycles. The van der Waals surface area contributed by atoms with Crippen LogP contribution in [-0.2, 0) is 0 Å². The maximum atomic E-state index is 10.4. The molecule has 0 aromatic heterocycles.